The molecule has 0 saturated carbocycles. The zero-order chi connectivity index (χ0) is 9.84. The molecule has 0 aliphatic heterocycles. The maximum Gasteiger partial charge on any atom is 0.356 e. The minimum Gasteiger partial charge on any atom is -0.464 e. The van der Waals surface area contributed by atoms with Crippen molar-refractivity contribution in [3.8, 4) is 0 Å². The second-order valence-corrected chi connectivity index (χ2v) is 2.63. The molecule has 13 heavy (non-hydrogen) atoms. The number of aromatic nitrogens is 2. The van der Waals surface area contributed by atoms with Gasteiger partial charge in [0.2, 0.25) is 0 Å². The van der Waals surface area contributed by atoms with Gasteiger partial charge in [-0.2, -0.15) is 5.10 Å². The van der Waals surface area contributed by atoms with Crippen LogP contribution in [0.15, 0.2) is 18.9 Å². The van der Waals surface area contributed by atoms with Gasteiger partial charge in [0.05, 0.1) is 13.3 Å². The van der Waals surface area contributed by atoms with Crippen molar-refractivity contribution >= 4 is 5.97 Å². The van der Waals surface area contributed by atoms with Gasteiger partial charge in [-0.1, -0.05) is 6.08 Å². The number of rotatable bonds is 3. The molecule has 1 heterocycles. The Morgan fingerprint density at radius 3 is 3.08 bits per heavy atom. The molecule has 0 bridgehead atoms. The smallest absolute Gasteiger partial charge is 0.356 e. The summed E-state index contributed by atoms with van der Waals surface area (Å²) >= 11 is 0. The van der Waals surface area contributed by atoms with Crippen LogP contribution in [-0.2, 0) is 18.2 Å². The third-order valence-corrected chi connectivity index (χ3v) is 1.76. The van der Waals surface area contributed by atoms with E-state index < -0.39 is 0 Å². The van der Waals surface area contributed by atoms with E-state index in [9.17, 15) is 4.79 Å². The van der Waals surface area contributed by atoms with Crippen LogP contribution < -0.4 is 0 Å². The van der Waals surface area contributed by atoms with Crippen LogP contribution in [0.2, 0.25) is 0 Å². The first-order chi connectivity index (χ1) is 6.20. The zero-order valence-corrected chi connectivity index (χ0v) is 7.78. The molecule has 0 aliphatic carbocycles. The van der Waals surface area contributed by atoms with E-state index in [2.05, 4.69) is 16.4 Å². The fourth-order valence-electron chi connectivity index (χ4n) is 1.15. The van der Waals surface area contributed by atoms with E-state index in [1.807, 2.05) is 0 Å². The Morgan fingerprint density at radius 1 is 1.85 bits per heavy atom. The lowest BCUT2D eigenvalue weighted by Gasteiger charge is -2.01. The predicted octanol–water partition coefficient (Wildman–Crippen LogP) is 0.935. The number of hydrogen-bond donors (Lipinski definition) is 0. The van der Waals surface area contributed by atoms with E-state index in [0.717, 1.165) is 5.56 Å². The Bertz CT molecular complexity index is 328. The van der Waals surface area contributed by atoms with Gasteiger partial charge in [0.15, 0.2) is 0 Å². The van der Waals surface area contributed by atoms with Gasteiger partial charge < -0.3 is 4.74 Å². The second-order valence-electron chi connectivity index (χ2n) is 2.63. The van der Waals surface area contributed by atoms with Gasteiger partial charge in [0.1, 0.15) is 5.69 Å². The highest BCUT2D eigenvalue weighted by Crippen LogP contribution is 2.09. The van der Waals surface area contributed by atoms with Gasteiger partial charge >= 0.3 is 5.97 Å². The monoisotopic (exact) mass is 180 g/mol. The van der Waals surface area contributed by atoms with Crippen LogP contribution in [0.3, 0.4) is 0 Å². The van der Waals surface area contributed by atoms with Gasteiger partial charge in [-0.25, -0.2) is 4.79 Å². The van der Waals surface area contributed by atoms with Gasteiger partial charge in [-0.3, -0.25) is 4.68 Å². The number of nitrogens with zero attached hydrogens (tertiary/aromatic N) is 2. The predicted molar refractivity (Wildman–Crippen MR) is 48.4 cm³/mol. The number of carbonyl (C=O) groups excluding carboxylic acids is 1. The molecule has 1 rings (SSSR count). The van der Waals surface area contributed by atoms with Crippen molar-refractivity contribution < 1.29 is 9.53 Å². The van der Waals surface area contributed by atoms with E-state index >= 15 is 0 Å². The molecule has 0 unspecified atom stereocenters. The lowest BCUT2D eigenvalue weighted by molar-refractivity contribution is 0.0587. The van der Waals surface area contributed by atoms with Crippen molar-refractivity contribution in [3.05, 3.63) is 30.1 Å². The molecule has 0 saturated heterocycles. The molecule has 0 N–H and O–H groups in total. The van der Waals surface area contributed by atoms with Crippen molar-refractivity contribution in [1.29, 1.82) is 0 Å². The third-order valence-electron chi connectivity index (χ3n) is 1.76. The summed E-state index contributed by atoms with van der Waals surface area (Å²) in [6, 6.07) is 0. The SMILES string of the molecule is C=CCc1cnn(C)c1C(=O)OC. The minimum atomic E-state index is -0.364. The summed E-state index contributed by atoms with van der Waals surface area (Å²) in [7, 11) is 3.06. The highest BCUT2D eigenvalue weighted by molar-refractivity contribution is 5.89. The van der Waals surface area contributed by atoms with Gasteiger partial charge in [-0.05, 0) is 6.42 Å². The standard InChI is InChI=1S/C9H12N2O2/c1-4-5-7-6-10-11(2)8(7)9(12)13-3/h4,6H,1,5H2,2-3H3. The zero-order valence-electron chi connectivity index (χ0n) is 7.78. The largest absolute Gasteiger partial charge is 0.464 e. The fourth-order valence-corrected chi connectivity index (χ4v) is 1.15. The molecule has 0 aromatic carbocycles. The first kappa shape index (κ1) is 9.51. The van der Waals surface area contributed by atoms with Crippen LogP contribution in [0.4, 0.5) is 0 Å². The molecule has 0 radical (unpaired) electrons. The van der Waals surface area contributed by atoms with Crippen LogP contribution in [0.5, 0.6) is 0 Å². The molecule has 0 amide bonds. The lowest BCUT2D eigenvalue weighted by atomic mass is 10.2. The first-order valence-electron chi connectivity index (χ1n) is 3.90. The summed E-state index contributed by atoms with van der Waals surface area (Å²) in [6.07, 6.45) is 4.00. The summed E-state index contributed by atoms with van der Waals surface area (Å²) in [5, 5.41) is 3.97. The Morgan fingerprint density at radius 2 is 2.54 bits per heavy atom. The van der Waals surface area contributed by atoms with Crippen LogP contribution in [-0.4, -0.2) is 22.9 Å². The molecule has 0 aliphatic rings. The first-order valence-corrected chi connectivity index (χ1v) is 3.90. The number of methoxy groups -OCH3 is 1. The number of allylic oxidation sites excluding steroid dienone is 1. The number of esters is 1. The maximum absolute atomic E-state index is 11.3. The third kappa shape index (κ3) is 1.77. The molecule has 1 aromatic rings. The summed E-state index contributed by atoms with van der Waals surface area (Å²) in [5.74, 6) is -0.364. The lowest BCUT2D eigenvalue weighted by Crippen LogP contribution is -2.10. The van der Waals surface area contributed by atoms with E-state index in [-0.39, 0.29) is 5.97 Å². The minimum absolute atomic E-state index is 0.364. The fraction of sp³-hybridized carbons (Fsp3) is 0.333. The van der Waals surface area contributed by atoms with E-state index in [4.69, 9.17) is 0 Å². The molecule has 1 aromatic heterocycles. The number of hydrogen-bond acceptors (Lipinski definition) is 3. The van der Waals surface area contributed by atoms with Crippen LogP contribution in [0.1, 0.15) is 16.1 Å². The molecular weight excluding hydrogens is 168 g/mol. The summed E-state index contributed by atoms with van der Waals surface area (Å²) in [5.41, 5.74) is 1.33. The molecule has 0 atom stereocenters. The van der Waals surface area contributed by atoms with E-state index in [1.165, 1.54) is 11.8 Å². The van der Waals surface area contributed by atoms with Crippen molar-refractivity contribution in [1.82, 2.24) is 9.78 Å². The van der Waals surface area contributed by atoms with Crippen LogP contribution >= 0.6 is 0 Å². The Kier molecular flexibility index (Phi) is 2.84. The molecule has 4 heteroatoms. The van der Waals surface area contributed by atoms with Gasteiger partial charge in [0, 0.05) is 12.6 Å². The topological polar surface area (TPSA) is 44.1 Å². The Balaban J connectivity index is 3.07. The van der Waals surface area contributed by atoms with Crippen molar-refractivity contribution in [3.63, 3.8) is 0 Å². The van der Waals surface area contributed by atoms with E-state index in [0.29, 0.717) is 12.1 Å². The summed E-state index contributed by atoms with van der Waals surface area (Å²) in [4.78, 5) is 11.3. The molecule has 70 valence electrons. The molecule has 0 spiro atoms. The number of ether oxygens (including phenoxy) is 1. The molecular formula is C9H12N2O2. The Labute approximate surface area is 76.8 Å². The molecule has 4 nitrogen and oxygen atoms in total. The maximum atomic E-state index is 11.3. The van der Waals surface area contributed by atoms with Gasteiger partial charge in [0.25, 0.3) is 0 Å². The van der Waals surface area contributed by atoms with Crippen molar-refractivity contribution in [2.75, 3.05) is 7.11 Å². The normalized spacial score (nSPS) is 9.69. The number of aryl methyl sites for hydroxylation is 1. The Hall–Kier alpha value is -1.58. The van der Waals surface area contributed by atoms with Crippen LogP contribution in [0, 0.1) is 0 Å². The summed E-state index contributed by atoms with van der Waals surface area (Å²) < 4.78 is 6.13. The summed E-state index contributed by atoms with van der Waals surface area (Å²) in [6.45, 7) is 3.60. The van der Waals surface area contributed by atoms with Gasteiger partial charge in [-0.15, -0.1) is 6.58 Å². The average molecular weight is 180 g/mol. The second kappa shape index (κ2) is 3.89. The average Bonchev–Trinajstić information content (AvgIpc) is 2.47. The van der Waals surface area contributed by atoms with Crippen molar-refractivity contribution in [2.24, 2.45) is 7.05 Å². The van der Waals surface area contributed by atoms with Crippen molar-refractivity contribution in [2.45, 2.75) is 6.42 Å². The van der Waals surface area contributed by atoms with E-state index in [1.54, 1.807) is 19.3 Å². The number of carbonyl (C=O) groups is 1. The highest BCUT2D eigenvalue weighted by Gasteiger charge is 2.15. The van der Waals surface area contributed by atoms with Crippen LogP contribution in [0.25, 0.3) is 0 Å². The molecule has 0 fully saturated rings. The highest BCUT2D eigenvalue weighted by atomic mass is 16.5. The quantitative estimate of drug-likeness (QED) is 0.513.